The maximum atomic E-state index is 12.5. The van der Waals surface area contributed by atoms with Gasteiger partial charge in [-0.25, -0.2) is 4.98 Å². The van der Waals surface area contributed by atoms with Gasteiger partial charge in [0.25, 0.3) is 5.91 Å². The minimum atomic E-state index is -0.371. The molecule has 25 heavy (non-hydrogen) atoms. The SMILES string of the molecule is C#CCCC1(CCNC(=O)c2nc(C)sc2Cc2ccccc2)N=N1. The molecule has 128 valence electrons. The Morgan fingerprint density at radius 3 is 2.72 bits per heavy atom. The Morgan fingerprint density at radius 1 is 1.28 bits per heavy atom. The van der Waals surface area contributed by atoms with E-state index in [1.165, 1.54) is 5.56 Å². The molecule has 0 saturated heterocycles. The van der Waals surface area contributed by atoms with Gasteiger partial charge in [0, 0.05) is 37.1 Å². The lowest BCUT2D eigenvalue weighted by molar-refractivity contribution is 0.0946. The molecule has 1 N–H and O–H groups in total. The summed E-state index contributed by atoms with van der Waals surface area (Å²) in [5.41, 5.74) is 1.32. The highest BCUT2D eigenvalue weighted by molar-refractivity contribution is 7.11. The summed E-state index contributed by atoms with van der Waals surface area (Å²) >= 11 is 1.57. The third kappa shape index (κ3) is 4.52. The molecule has 0 atom stereocenters. The number of terminal acetylenes is 1. The highest BCUT2D eigenvalue weighted by Crippen LogP contribution is 2.36. The molecule has 1 aromatic heterocycles. The van der Waals surface area contributed by atoms with Gasteiger partial charge in [-0.2, -0.15) is 10.2 Å². The number of hydrogen-bond donors (Lipinski definition) is 1. The van der Waals surface area contributed by atoms with Crippen LogP contribution in [-0.4, -0.2) is 23.1 Å². The predicted molar refractivity (Wildman–Crippen MR) is 98.7 cm³/mol. The molecule has 0 saturated carbocycles. The van der Waals surface area contributed by atoms with Gasteiger partial charge in [-0.05, 0) is 12.5 Å². The summed E-state index contributed by atoms with van der Waals surface area (Å²) in [4.78, 5) is 17.9. The number of hydrogen-bond acceptors (Lipinski definition) is 5. The van der Waals surface area contributed by atoms with Crippen molar-refractivity contribution in [2.75, 3.05) is 6.54 Å². The van der Waals surface area contributed by atoms with Crippen LogP contribution in [0.4, 0.5) is 0 Å². The van der Waals surface area contributed by atoms with Crippen molar-refractivity contribution in [2.45, 2.75) is 38.3 Å². The number of benzene rings is 1. The maximum absolute atomic E-state index is 12.5. The van der Waals surface area contributed by atoms with Crippen LogP contribution in [0.2, 0.25) is 0 Å². The van der Waals surface area contributed by atoms with E-state index >= 15 is 0 Å². The zero-order valence-electron chi connectivity index (χ0n) is 14.2. The summed E-state index contributed by atoms with van der Waals surface area (Å²) in [5, 5.41) is 12.0. The third-order valence-electron chi connectivity index (χ3n) is 4.09. The van der Waals surface area contributed by atoms with E-state index in [2.05, 4.69) is 38.6 Å². The van der Waals surface area contributed by atoms with Gasteiger partial charge in [-0.1, -0.05) is 30.3 Å². The van der Waals surface area contributed by atoms with Crippen molar-refractivity contribution in [1.29, 1.82) is 0 Å². The van der Waals surface area contributed by atoms with Gasteiger partial charge in [0.1, 0.15) is 5.69 Å². The van der Waals surface area contributed by atoms with Crippen molar-refractivity contribution >= 4 is 17.2 Å². The first-order chi connectivity index (χ1) is 12.1. The lowest BCUT2D eigenvalue weighted by Gasteiger charge is -2.09. The topological polar surface area (TPSA) is 66.7 Å². The number of rotatable bonds is 8. The largest absolute Gasteiger partial charge is 0.350 e. The van der Waals surface area contributed by atoms with Crippen molar-refractivity contribution in [3.63, 3.8) is 0 Å². The molecule has 2 aromatic rings. The van der Waals surface area contributed by atoms with Gasteiger partial charge < -0.3 is 5.32 Å². The molecule has 1 aromatic carbocycles. The van der Waals surface area contributed by atoms with E-state index in [1.54, 1.807) is 11.3 Å². The van der Waals surface area contributed by atoms with Gasteiger partial charge >= 0.3 is 0 Å². The van der Waals surface area contributed by atoms with Gasteiger partial charge in [0.2, 0.25) is 0 Å². The van der Waals surface area contributed by atoms with E-state index in [9.17, 15) is 4.79 Å². The molecule has 0 aliphatic carbocycles. The Labute approximate surface area is 151 Å². The summed E-state index contributed by atoms with van der Waals surface area (Å²) in [6.07, 6.45) is 8.07. The van der Waals surface area contributed by atoms with Crippen LogP contribution < -0.4 is 5.32 Å². The molecule has 2 heterocycles. The summed E-state index contributed by atoms with van der Waals surface area (Å²) < 4.78 is 0. The quantitative estimate of drug-likeness (QED) is 0.736. The number of carbonyl (C=O) groups is 1. The molecule has 0 unspecified atom stereocenters. The molecule has 1 aliphatic heterocycles. The van der Waals surface area contributed by atoms with E-state index in [-0.39, 0.29) is 11.6 Å². The second-order valence-corrected chi connectivity index (χ2v) is 7.35. The Bertz CT molecular complexity index is 814. The summed E-state index contributed by atoms with van der Waals surface area (Å²) in [5.74, 6) is 2.47. The molecule has 0 spiro atoms. The zero-order valence-corrected chi connectivity index (χ0v) is 15.0. The Morgan fingerprint density at radius 2 is 2.04 bits per heavy atom. The van der Waals surface area contributed by atoms with Crippen LogP contribution in [-0.2, 0) is 6.42 Å². The lowest BCUT2D eigenvalue weighted by atomic mass is 10.0. The summed E-state index contributed by atoms with van der Waals surface area (Å²) in [6.45, 7) is 2.43. The van der Waals surface area contributed by atoms with Crippen LogP contribution in [0, 0.1) is 19.3 Å². The Hall–Kier alpha value is -2.52. The minimum Gasteiger partial charge on any atom is -0.350 e. The molecule has 5 nitrogen and oxygen atoms in total. The first-order valence-electron chi connectivity index (χ1n) is 8.28. The zero-order chi connectivity index (χ0) is 17.7. The summed E-state index contributed by atoms with van der Waals surface area (Å²) in [6, 6.07) is 10.1. The van der Waals surface area contributed by atoms with Crippen LogP contribution in [0.5, 0.6) is 0 Å². The van der Waals surface area contributed by atoms with E-state index < -0.39 is 0 Å². The standard InChI is InChI=1S/C19H20N4OS/c1-3-4-10-19(22-23-19)11-12-20-18(24)17-16(25-14(2)21-17)13-15-8-6-5-7-9-15/h1,5-9H,4,10-13H2,2H3,(H,20,24). The smallest absolute Gasteiger partial charge is 0.271 e. The van der Waals surface area contributed by atoms with Crippen molar-refractivity contribution < 1.29 is 4.79 Å². The Balaban J connectivity index is 1.58. The predicted octanol–water partition coefficient (Wildman–Crippen LogP) is 3.74. The number of carbonyl (C=O) groups excluding carboxylic acids is 1. The van der Waals surface area contributed by atoms with Crippen LogP contribution >= 0.6 is 11.3 Å². The fraction of sp³-hybridized carbons (Fsp3) is 0.368. The molecule has 1 amide bonds. The second kappa shape index (κ2) is 7.58. The van der Waals surface area contributed by atoms with Crippen molar-refractivity contribution in [3.05, 3.63) is 51.5 Å². The first kappa shape index (κ1) is 17.3. The third-order valence-corrected chi connectivity index (χ3v) is 5.06. The summed E-state index contributed by atoms with van der Waals surface area (Å²) in [7, 11) is 0. The van der Waals surface area contributed by atoms with Crippen molar-refractivity contribution in [3.8, 4) is 12.3 Å². The van der Waals surface area contributed by atoms with Crippen LogP contribution in [0.25, 0.3) is 0 Å². The lowest BCUT2D eigenvalue weighted by Crippen LogP contribution is -2.29. The van der Waals surface area contributed by atoms with E-state index in [0.717, 1.165) is 16.3 Å². The normalized spacial score (nSPS) is 14.1. The first-order valence-corrected chi connectivity index (χ1v) is 9.09. The van der Waals surface area contributed by atoms with E-state index in [1.807, 2.05) is 25.1 Å². The molecule has 6 heteroatoms. The molecule has 0 fully saturated rings. The number of aryl methyl sites for hydroxylation is 1. The van der Waals surface area contributed by atoms with Gasteiger partial charge in [-0.15, -0.1) is 23.7 Å². The fourth-order valence-electron chi connectivity index (χ4n) is 2.68. The van der Waals surface area contributed by atoms with Crippen LogP contribution in [0.3, 0.4) is 0 Å². The second-order valence-electron chi connectivity index (χ2n) is 6.06. The number of amides is 1. The maximum Gasteiger partial charge on any atom is 0.271 e. The van der Waals surface area contributed by atoms with Gasteiger partial charge in [-0.3, -0.25) is 4.79 Å². The van der Waals surface area contributed by atoms with Crippen LogP contribution in [0.15, 0.2) is 40.6 Å². The van der Waals surface area contributed by atoms with Crippen molar-refractivity contribution in [2.24, 2.45) is 10.2 Å². The minimum absolute atomic E-state index is 0.136. The molecule has 3 rings (SSSR count). The number of aromatic nitrogens is 1. The van der Waals surface area contributed by atoms with Crippen LogP contribution in [0.1, 0.15) is 45.2 Å². The van der Waals surface area contributed by atoms with Gasteiger partial charge in [0.05, 0.1) is 5.01 Å². The average Bonchev–Trinajstić information content (AvgIpc) is 3.29. The molecule has 0 bridgehead atoms. The number of nitrogens with one attached hydrogen (secondary N) is 1. The molecule has 1 aliphatic rings. The fourth-order valence-corrected chi connectivity index (χ4v) is 3.64. The van der Waals surface area contributed by atoms with E-state index in [0.29, 0.717) is 31.5 Å². The number of thiazole rings is 1. The molecule has 0 radical (unpaired) electrons. The van der Waals surface area contributed by atoms with Gasteiger partial charge in [0.15, 0.2) is 5.66 Å². The molecular formula is C19H20N4OS. The molecular weight excluding hydrogens is 332 g/mol. The number of nitrogens with zero attached hydrogens (tertiary/aromatic N) is 3. The van der Waals surface area contributed by atoms with Crippen molar-refractivity contribution in [1.82, 2.24) is 10.3 Å². The highest BCUT2D eigenvalue weighted by Gasteiger charge is 2.38. The Kier molecular flexibility index (Phi) is 5.25. The van der Waals surface area contributed by atoms with E-state index in [4.69, 9.17) is 6.42 Å². The average molecular weight is 352 g/mol. The highest BCUT2D eigenvalue weighted by atomic mass is 32.1. The monoisotopic (exact) mass is 352 g/mol.